The molecule has 2 aromatic heterocycles. The van der Waals surface area contributed by atoms with E-state index in [0.717, 1.165) is 17.4 Å². The number of thiazole rings is 1. The van der Waals surface area contributed by atoms with Crippen LogP contribution in [0, 0.1) is 11.6 Å². The predicted octanol–water partition coefficient (Wildman–Crippen LogP) is 4.83. The van der Waals surface area contributed by atoms with Crippen molar-refractivity contribution < 1.29 is 23.0 Å². The van der Waals surface area contributed by atoms with Crippen LogP contribution in [0.2, 0.25) is 0 Å². The van der Waals surface area contributed by atoms with Crippen molar-refractivity contribution in [2.45, 2.75) is 6.54 Å². The molecule has 0 unspecified atom stereocenters. The van der Waals surface area contributed by atoms with Gasteiger partial charge in [0, 0.05) is 17.8 Å². The normalized spacial score (nSPS) is 10.8. The summed E-state index contributed by atoms with van der Waals surface area (Å²) in [6, 6.07) is 12.1. The number of pyridine rings is 1. The van der Waals surface area contributed by atoms with Crippen LogP contribution in [-0.4, -0.2) is 30.1 Å². The summed E-state index contributed by atoms with van der Waals surface area (Å²) in [6.45, 7) is 0.0952. The van der Waals surface area contributed by atoms with E-state index in [2.05, 4.69) is 9.97 Å². The monoisotopic (exact) mass is 441 g/mol. The summed E-state index contributed by atoms with van der Waals surface area (Å²) in [7, 11) is 2.98. The molecule has 0 bridgehead atoms. The van der Waals surface area contributed by atoms with Crippen LogP contribution in [0.3, 0.4) is 0 Å². The predicted molar refractivity (Wildman–Crippen MR) is 114 cm³/mol. The average molecular weight is 441 g/mol. The van der Waals surface area contributed by atoms with Crippen LogP contribution in [0.4, 0.5) is 13.9 Å². The minimum atomic E-state index is -0.783. The molecule has 9 heteroatoms. The van der Waals surface area contributed by atoms with Gasteiger partial charge >= 0.3 is 0 Å². The molecule has 2 heterocycles. The van der Waals surface area contributed by atoms with Crippen LogP contribution < -0.4 is 14.4 Å². The molecule has 6 nitrogen and oxygen atoms in total. The summed E-state index contributed by atoms with van der Waals surface area (Å²) in [6.07, 6.45) is 1.61. The third-order valence-corrected chi connectivity index (χ3v) is 5.58. The lowest BCUT2D eigenvalue weighted by atomic mass is 10.1. The number of ether oxygens (including phenoxy) is 2. The van der Waals surface area contributed by atoms with E-state index in [1.54, 1.807) is 42.6 Å². The lowest BCUT2D eigenvalue weighted by Crippen LogP contribution is -2.30. The molecule has 0 atom stereocenters. The summed E-state index contributed by atoms with van der Waals surface area (Å²) in [5.74, 6) is -1.01. The Bertz CT molecular complexity index is 1250. The highest BCUT2D eigenvalue weighted by Gasteiger charge is 2.24. The first-order chi connectivity index (χ1) is 15.0. The molecule has 0 spiro atoms. The maximum atomic E-state index is 14.2. The molecule has 4 aromatic rings. The Morgan fingerprint density at radius 2 is 1.87 bits per heavy atom. The SMILES string of the molecule is COc1ccc(C(=O)N(Cc2ccccn2)c2nc3c(F)cc(F)cc3s2)cc1OC. The number of hydrogen-bond acceptors (Lipinski definition) is 6. The largest absolute Gasteiger partial charge is 0.493 e. The van der Waals surface area contributed by atoms with E-state index >= 15 is 0 Å². The van der Waals surface area contributed by atoms with Crippen molar-refractivity contribution in [3.8, 4) is 11.5 Å². The minimum Gasteiger partial charge on any atom is -0.493 e. The Labute approximate surface area is 180 Å². The van der Waals surface area contributed by atoms with Crippen molar-refractivity contribution in [3.05, 3.63) is 77.6 Å². The third-order valence-electron chi connectivity index (χ3n) is 4.55. The van der Waals surface area contributed by atoms with Crippen LogP contribution in [0.5, 0.6) is 11.5 Å². The standard InChI is InChI=1S/C22H17F2N3O3S/c1-29-17-7-6-13(9-18(17)30-2)21(28)27(12-15-5-3-4-8-25-15)22-26-20-16(24)10-14(23)11-19(20)31-22/h3-11H,12H2,1-2H3. The average Bonchev–Trinajstić information content (AvgIpc) is 3.21. The molecule has 0 aliphatic carbocycles. The summed E-state index contributed by atoms with van der Waals surface area (Å²) in [4.78, 5) is 23.4. The van der Waals surface area contributed by atoms with Crippen molar-refractivity contribution in [3.63, 3.8) is 0 Å². The van der Waals surface area contributed by atoms with Crippen LogP contribution in [0.25, 0.3) is 10.2 Å². The van der Waals surface area contributed by atoms with Gasteiger partial charge in [0.05, 0.1) is 31.2 Å². The van der Waals surface area contributed by atoms with Crippen molar-refractivity contribution in [2.24, 2.45) is 0 Å². The molecule has 0 radical (unpaired) electrons. The molecule has 0 saturated carbocycles. The first-order valence-electron chi connectivity index (χ1n) is 9.19. The van der Waals surface area contributed by atoms with Gasteiger partial charge in [-0.2, -0.15) is 0 Å². The first kappa shape index (κ1) is 20.7. The van der Waals surface area contributed by atoms with Gasteiger partial charge in [0.2, 0.25) is 0 Å². The fraction of sp³-hybridized carbons (Fsp3) is 0.136. The topological polar surface area (TPSA) is 64.5 Å². The Hall–Kier alpha value is -3.59. The van der Waals surface area contributed by atoms with Crippen molar-refractivity contribution in [1.29, 1.82) is 0 Å². The molecule has 0 fully saturated rings. The number of anilines is 1. The second-order valence-corrected chi connectivity index (χ2v) is 7.52. The van der Waals surface area contributed by atoms with Gasteiger partial charge in [0.1, 0.15) is 11.3 Å². The Kier molecular flexibility index (Phi) is 5.77. The Morgan fingerprint density at radius 3 is 2.58 bits per heavy atom. The summed E-state index contributed by atoms with van der Waals surface area (Å²) in [5.41, 5.74) is 0.939. The van der Waals surface area contributed by atoms with Gasteiger partial charge in [0.15, 0.2) is 22.4 Å². The molecule has 2 aromatic carbocycles. The van der Waals surface area contributed by atoms with Gasteiger partial charge in [0.25, 0.3) is 5.91 Å². The highest BCUT2D eigenvalue weighted by atomic mass is 32.1. The lowest BCUT2D eigenvalue weighted by molar-refractivity contribution is 0.0984. The second-order valence-electron chi connectivity index (χ2n) is 6.51. The molecule has 0 saturated heterocycles. The van der Waals surface area contributed by atoms with Gasteiger partial charge in [-0.25, -0.2) is 13.8 Å². The van der Waals surface area contributed by atoms with Gasteiger partial charge in [-0.1, -0.05) is 17.4 Å². The maximum Gasteiger partial charge on any atom is 0.260 e. The van der Waals surface area contributed by atoms with Gasteiger partial charge in [-0.05, 0) is 36.4 Å². The quantitative estimate of drug-likeness (QED) is 0.429. The number of amides is 1. The van der Waals surface area contributed by atoms with Crippen LogP contribution in [0.1, 0.15) is 16.1 Å². The van der Waals surface area contributed by atoms with Gasteiger partial charge in [-0.15, -0.1) is 0 Å². The van der Waals surface area contributed by atoms with E-state index < -0.39 is 17.5 Å². The smallest absolute Gasteiger partial charge is 0.260 e. The zero-order valence-electron chi connectivity index (χ0n) is 16.6. The molecular weight excluding hydrogens is 424 g/mol. The first-order valence-corrected chi connectivity index (χ1v) is 10.0. The highest BCUT2D eigenvalue weighted by molar-refractivity contribution is 7.22. The number of methoxy groups -OCH3 is 2. The number of fused-ring (bicyclic) bond motifs is 1. The van der Waals surface area contributed by atoms with E-state index in [9.17, 15) is 13.6 Å². The van der Waals surface area contributed by atoms with Gasteiger partial charge < -0.3 is 9.47 Å². The van der Waals surface area contributed by atoms with Crippen LogP contribution in [-0.2, 0) is 6.54 Å². The number of halogens is 2. The number of carbonyl (C=O) groups excluding carboxylic acids is 1. The van der Waals surface area contributed by atoms with Crippen LogP contribution in [0.15, 0.2) is 54.7 Å². The number of carbonyl (C=O) groups is 1. The molecule has 0 aliphatic heterocycles. The summed E-state index contributed by atoms with van der Waals surface area (Å²) in [5, 5.41) is 0.227. The zero-order chi connectivity index (χ0) is 22.0. The van der Waals surface area contributed by atoms with E-state index in [0.29, 0.717) is 27.5 Å². The van der Waals surface area contributed by atoms with Crippen molar-refractivity contribution >= 4 is 32.6 Å². The molecule has 1 amide bonds. The molecular formula is C22H17F2N3O3S. The molecule has 4 rings (SSSR count). The van der Waals surface area contributed by atoms with Crippen LogP contribution >= 0.6 is 11.3 Å². The number of aromatic nitrogens is 2. The van der Waals surface area contributed by atoms with Crippen molar-refractivity contribution in [2.75, 3.05) is 19.1 Å². The van der Waals surface area contributed by atoms with E-state index in [4.69, 9.17) is 9.47 Å². The van der Waals surface area contributed by atoms with E-state index in [1.165, 1.54) is 25.2 Å². The molecule has 0 aliphatic rings. The number of benzene rings is 2. The summed E-state index contributed by atoms with van der Waals surface area (Å²) < 4.78 is 38.7. The zero-order valence-corrected chi connectivity index (χ0v) is 17.5. The van der Waals surface area contributed by atoms with E-state index in [1.807, 2.05) is 0 Å². The Balaban J connectivity index is 1.79. The highest BCUT2D eigenvalue weighted by Crippen LogP contribution is 2.34. The minimum absolute atomic E-state index is 0.00697. The third kappa shape index (κ3) is 4.17. The fourth-order valence-corrected chi connectivity index (χ4v) is 4.07. The Morgan fingerprint density at radius 1 is 1.06 bits per heavy atom. The summed E-state index contributed by atoms with van der Waals surface area (Å²) >= 11 is 1.02. The van der Waals surface area contributed by atoms with Gasteiger partial charge in [-0.3, -0.25) is 14.7 Å². The second kappa shape index (κ2) is 8.65. The number of hydrogen-bond donors (Lipinski definition) is 0. The van der Waals surface area contributed by atoms with E-state index in [-0.39, 0.29) is 17.2 Å². The van der Waals surface area contributed by atoms with Crippen molar-refractivity contribution in [1.82, 2.24) is 9.97 Å². The molecule has 31 heavy (non-hydrogen) atoms. The number of rotatable bonds is 6. The number of nitrogens with zero attached hydrogens (tertiary/aromatic N) is 3. The molecule has 158 valence electrons. The maximum absolute atomic E-state index is 14.2. The lowest BCUT2D eigenvalue weighted by Gasteiger charge is -2.20. The molecule has 0 N–H and O–H groups in total. The fourth-order valence-electron chi connectivity index (χ4n) is 3.07.